The Labute approximate surface area is 124 Å². The van der Waals surface area contributed by atoms with Crippen LogP contribution in [0.3, 0.4) is 0 Å². The number of allylic oxidation sites excluding steroid dienone is 3. The number of rotatable bonds is 12. The molecule has 0 unspecified atom stereocenters. The van der Waals surface area contributed by atoms with Gasteiger partial charge in [0.25, 0.3) is 0 Å². The van der Waals surface area contributed by atoms with Crippen LogP contribution >= 0.6 is 0 Å². The summed E-state index contributed by atoms with van der Waals surface area (Å²) in [5.41, 5.74) is 0.789. The van der Waals surface area contributed by atoms with E-state index < -0.39 is 0 Å². The lowest BCUT2D eigenvalue weighted by molar-refractivity contribution is -0.139. The average Bonchev–Trinajstić information content (AvgIpc) is 2.99. The number of unbranched alkanes of at least 4 members (excludes halogenated alkanes) is 9. The second-order valence-corrected chi connectivity index (χ2v) is 5.64. The van der Waals surface area contributed by atoms with Crippen molar-refractivity contribution in [3.8, 4) is 0 Å². The van der Waals surface area contributed by atoms with Gasteiger partial charge in [0.2, 0.25) is 0 Å². The summed E-state index contributed by atoms with van der Waals surface area (Å²) in [6.07, 6.45) is 19.5. The monoisotopic (exact) mass is 278 g/mol. The van der Waals surface area contributed by atoms with Crippen molar-refractivity contribution in [1.29, 1.82) is 0 Å². The Balaban J connectivity index is 1.79. The third-order valence-corrected chi connectivity index (χ3v) is 3.76. The van der Waals surface area contributed by atoms with Gasteiger partial charge in [-0.25, -0.2) is 4.79 Å². The number of hydrogen-bond donors (Lipinski definition) is 0. The smallest absolute Gasteiger partial charge is 0.334 e. The number of carbonyl (C=O) groups is 1. The summed E-state index contributed by atoms with van der Waals surface area (Å²) in [7, 11) is 0. The molecule has 0 spiro atoms. The Morgan fingerprint density at radius 1 is 1.00 bits per heavy atom. The van der Waals surface area contributed by atoms with E-state index in [2.05, 4.69) is 6.92 Å². The van der Waals surface area contributed by atoms with E-state index in [4.69, 9.17) is 4.74 Å². The molecule has 0 saturated carbocycles. The van der Waals surface area contributed by atoms with Crippen molar-refractivity contribution in [3.05, 3.63) is 23.8 Å². The summed E-state index contributed by atoms with van der Waals surface area (Å²) in [6, 6.07) is 0. The van der Waals surface area contributed by atoms with Crippen molar-refractivity contribution in [1.82, 2.24) is 0 Å². The third kappa shape index (κ3) is 8.19. The first-order valence-electron chi connectivity index (χ1n) is 8.37. The van der Waals surface area contributed by atoms with Crippen molar-refractivity contribution >= 4 is 5.97 Å². The van der Waals surface area contributed by atoms with E-state index in [1.165, 1.54) is 57.8 Å². The van der Waals surface area contributed by atoms with Gasteiger partial charge in [-0.05, 0) is 12.8 Å². The maximum Gasteiger partial charge on any atom is 0.334 e. The first-order chi connectivity index (χ1) is 9.84. The van der Waals surface area contributed by atoms with Crippen molar-refractivity contribution in [3.63, 3.8) is 0 Å². The van der Waals surface area contributed by atoms with Crippen LogP contribution in [0.15, 0.2) is 23.8 Å². The van der Waals surface area contributed by atoms with Crippen molar-refractivity contribution < 1.29 is 9.53 Å². The van der Waals surface area contributed by atoms with Crippen molar-refractivity contribution in [2.24, 2.45) is 0 Å². The summed E-state index contributed by atoms with van der Waals surface area (Å²) in [5, 5.41) is 0. The molecule has 0 N–H and O–H groups in total. The van der Waals surface area contributed by atoms with Gasteiger partial charge in [-0.1, -0.05) is 82.9 Å². The maximum atomic E-state index is 11.6. The summed E-state index contributed by atoms with van der Waals surface area (Å²) < 4.78 is 5.25. The second kappa shape index (κ2) is 11.7. The lowest BCUT2D eigenvalue weighted by Gasteiger charge is -2.05. The number of ether oxygens (including phenoxy) is 1. The first kappa shape index (κ1) is 17.0. The standard InChI is InChI=1S/C18H30O2/c1-2-3-4-5-6-7-8-9-10-13-16-20-18(19)17-14-11-12-15-17/h11-12,14H,2-10,13,15-16H2,1H3. The molecular formula is C18H30O2. The molecule has 0 saturated heterocycles. The molecule has 0 heterocycles. The highest BCUT2D eigenvalue weighted by molar-refractivity contribution is 5.89. The fraction of sp³-hybridized carbons (Fsp3) is 0.722. The third-order valence-electron chi connectivity index (χ3n) is 3.76. The minimum Gasteiger partial charge on any atom is -0.462 e. The molecule has 2 heteroatoms. The number of hydrogen-bond acceptors (Lipinski definition) is 2. The van der Waals surface area contributed by atoms with Crippen molar-refractivity contribution in [2.45, 2.75) is 77.6 Å². The molecule has 114 valence electrons. The van der Waals surface area contributed by atoms with Crippen LogP contribution in [0.2, 0.25) is 0 Å². The van der Waals surface area contributed by atoms with E-state index in [1.54, 1.807) is 0 Å². The Hall–Kier alpha value is -1.05. The van der Waals surface area contributed by atoms with E-state index in [0.717, 1.165) is 18.4 Å². The van der Waals surface area contributed by atoms with Crippen LogP contribution in [0.1, 0.15) is 77.6 Å². The predicted octanol–water partition coefficient (Wildman–Crippen LogP) is 5.34. The summed E-state index contributed by atoms with van der Waals surface area (Å²) in [4.78, 5) is 11.6. The van der Waals surface area contributed by atoms with E-state index in [1.807, 2.05) is 18.2 Å². The van der Waals surface area contributed by atoms with Crippen LogP contribution in [-0.2, 0) is 9.53 Å². The minimum atomic E-state index is -0.133. The zero-order valence-electron chi connectivity index (χ0n) is 13.0. The van der Waals surface area contributed by atoms with Gasteiger partial charge in [0.1, 0.15) is 0 Å². The molecular weight excluding hydrogens is 248 g/mol. The molecule has 0 bridgehead atoms. The van der Waals surface area contributed by atoms with Crippen LogP contribution in [-0.4, -0.2) is 12.6 Å². The molecule has 0 aromatic rings. The van der Waals surface area contributed by atoms with Gasteiger partial charge >= 0.3 is 5.97 Å². The van der Waals surface area contributed by atoms with Crippen LogP contribution in [0.25, 0.3) is 0 Å². The maximum absolute atomic E-state index is 11.6. The van der Waals surface area contributed by atoms with Gasteiger partial charge in [0.05, 0.1) is 6.61 Å². The Morgan fingerprint density at radius 3 is 2.15 bits per heavy atom. The SMILES string of the molecule is CCCCCCCCCCCCOC(=O)C1=CC=CC1. The lowest BCUT2D eigenvalue weighted by Crippen LogP contribution is -2.07. The van der Waals surface area contributed by atoms with E-state index in [0.29, 0.717) is 6.61 Å². The molecule has 0 fully saturated rings. The molecule has 1 aliphatic carbocycles. The molecule has 2 nitrogen and oxygen atoms in total. The average molecular weight is 278 g/mol. The fourth-order valence-corrected chi connectivity index (χ4v) is 2.45. The lowest BCUT2D eigenvalue weighted by atomic mass is 10.1. The van der Waals surface area contributed by atoms with E-state index in [9.17, 15) is 4.79 Å². The summed E-state index contributed by atoms with van der Waals surface area (Å²) in [5.74, 6) is -0.133. The quantitative estimate of drug-likeness (QED) is 0.356. The fourth-order valence-electron chi connectivity index (χ4n) is 2.45. The molecule has 0 aliphatic heterocycles. The second-order valence-electron chi connectivity index (χ2n) is 5.64. The van der Waals surface area contributed by atoms with Crippen LogP contribution < -0.4 is 0 Å². The van der Waals surface area contributed by atoms with Crippen LogP contribution in [0.4, 0.5) is 0 Å². The Bertz CT molecular complexity index is 315. The Kier molecular flexibility index (Phi) is 9.99. The zero-order chi connectivity index (χ0) is 14.5. The summed E-state index contributed by atoms with van der Waals surface area (Å²) in [6.45, 7) is 2.83. The summed E-state index contributed by atoms with van der Waals surface area (Å²) >= 11 is 0. The topological polar surface area (TPSA) is 26.3 Å². The zero-order valence-corrected chi connectivity index (χ0v) is 13.0. The number of esters is 1. The first-order valence-corrected chi connectivity index (χ1v) is 8.37. The van der Waals surface area contributed by atoms with Crippen LogP contribution in [0, 0.1) is 0 Å². The minimum absolute atomic E-state index is 0.133. The van der Waals surface area contributed by atoms with Gasteiger partial charge in [0, 0.05) is 5.57 Å². The molecule has 0 radical (unpaired) electrons. The predicted molar refractivity (Wildman–Crippen MR) is 84.6 cm³/mol. The van der Waals surface area contributed by atoms with Crippen molar-refractivity contribution in [2.75, 3.05) is 6.61 Å². The normalized spacial score (nSPS) is 13.6. The highest BCUT2D eigenvalue weighted by atomic mass is 16.5. The van der Waals surface area contributed by atoms with Gasteiger partial charge in [0.15, 0.2) is 0 Å². The van der Waals surface area contributed by atoms with Gasteiger partial charge < -0.3 is 4.74 Å². The van der Waals surface area contributed by atoms with Gasteiger partial charge in [-0.2, -0.15) is 0 Å². The van der Waals surface area contributed by atoms with E-state index in [-0.39, 0.29) is 5.97 Å². The number of carbonyl (C=O) groups excluding carboxylic acids is 1. The molecule has 0 amide bonds. The molecule has 0 atom stereocenters. The van der Waals surface area contributed by atoms with Gasteiger partial charge in [-0.15, -0.1) is 0 Å². The molecule has 1 aliphatic rings. The molecule has 1 rings (SSSR count). The van der Waals surface area contributed by atoms with E-state index >= 15 is 0 Å². The molecule has 20 heavy (non-hydrogen) atoms. The Morgan fingerprint density at radius 2 is 1.60 bits per heavy atom. The van der Waals surface area contributed by atoms with Crippen LogP contribution in [0.5, 0.6) is 0 Å². The van der Waals surface area contributed by atoms with Gasteiger partial charge in [-0.3, -0.25) is 0 Å². The largest absolute Gasteiger partial charge is 0.462 e. The highest BCUT2D eigenvalue weighted by Gasteiger charge is 2.10. The molecule has 0 aromatic heterocycles. The highest BCUT2D eigenvalue weighted by Crippen LogP contribution is 2.13. The molecule has 0 aromatic carbocycles.